The second-order valence-corrected chi connectivity index (χ2v) is 12.3. The van der Waals surface area contributed by atoms with Gasteiger partial charge in [-0.3, -0.25) is 9.59 Å². The summed E-state index contributed by atoms with van der Waals surface area (Å²) in [5, 5.41) is 27.6. The standard InChI is InChI=1S/C42H39N3O7/c46-27-44-40(31-10-2-1-3-11-31)32-12-6-14-34(23-32)51-25-30-9-5-13-33(22-30)42(50)52-26-29-8-4-7-28(21-29)19-20-43-24-38(48)35-15-17-37(47)41-36(35)16-18-39(49)45-41/h1-18,21-23,27,38,40,43,47-48H,19-20,24-26H2,(H,44,46)(H,45,49). The van der Waals surface area contributed by atoms with Gasteiger partial charge in [0.15, 0.2) is 0 Å². The number of hydrogen-bond acceptors (Lipinski definition) is 8. The zero-order chi connectivity index (χ0) is 36.3. The van der Waals surface area contributed by atoms with E-state index in [1.807, 2.05) is 84.9 Å². The molecule has 0 aliphatic carbocycles. The molecule has 264 valence electrons. The molecule has 2 unspecified atom stereocenters. The van der Waals surface area contributed by atoms with Crippen molar-refractivity contribution >= 4 is 23.3 Å². The molecule has 6 aromatic rings. The molecule has 0 fully saturated rings. The number of aromatic amines is 1. The highest BCUT2D eigenvalue weighted by atomic mass is 16.5. The molecule has 0 radical (unpaired) electrons. The summed E-state index contributed by atoms with van der Waals surface area (Å²) >= 11 is 0. The number of amides is 1. The van der Waals surface area contributed by atoms with Gasteiger partial charge in [0.2, 0.25) is 12.0 Å². The number of phenols is 1. The molecule has 2 atom stereocenters. The van der Waals surface area contributed by atoms with Crippen LogP contribution in [0.4, 0.5) is 0 Å². The zero-order valence-corrected chi connectivity index (χ0v) is 28.3. The molecule has 5 aromatic carbocycles. The first-order valence-corrected chi connectivity index (χ1v) is 16.9. The predicted molar refractivity (Wildman–Crippen MR) is 198 cm³/mol. The average Bonchev–Trinajstić information content (AvgIpc) is 3.18. The van der Waals surface area contributed by atoms with Crippen molar-refractivity contribution in [1.82, 2.24) is 15.6 Å². The topological polar surface area (TPSA) is 150 Å². The molecule has 1 amide bonds. The monoisotopic (exact) mass is 697 g/mol. The molecular weight excluding hydrogens is 658 g/mol. The number of esters is 1. The number of aromatic hydroxyl groups is 1. The number of rotatable bonds is 16. The highest BCUT2D eigenvalue weighted by molar-refractivity contribution is 5.89. The van der Waals surface area contributed by atoms with Gasteiger partial charge in [0.05, 0.1) is 23.2 Å². The summed E-state index contributed by atoms with van der Waals surface area (Å²) in [7, 11) is 0. The Labute approximate surface area is 300 Å². The van der Waals surface area contributed by atoms with Crippen LogP contribution in [0.15, 0.2) is 132 Å². The van der Waals surface area contributed by atoms with Crippen LogP contribution in [-0.2, 0) is 29.2 Å². The Hall–Kier alpha value is -6.23. The largest absolute Gasteiger partial charge is 0.506 e. The van der Waals surface area contributed by atoms with E-state index in [-0.39, 0.29) is 37.1 Å². The van der Waals surface area contributed by atoms with Crippen LogP contribution >= 0.6 is 0 Å². The molecule has 0 spiro atoms. The van der Waals surface area contributed by atoms with Gasteiger partial charge in [0, 0.05) is 18.0 Å². The number of carbonyl (C=O) groups is 2. The number of aliphatic hydroxyl groups excluding tert-OH is 1. The zero-order valence-electron chi connectivity index (χ0n) is 28.3. The third-order valence-corrected chi connectivity index (χ3v) is 8.68. The summed E-state index contributed by atoms with van der Waals surface area (Å²) in [4.78, 5) is 38.6. The first kappa shape index (κ1) is 35.6. The summed E-state index contributed by atoms with van der Waals surface area (Å²) in [6.07, 6.45) is 0.527. The molecular formula is C42H39N3O7. The summed E-state index contributed by atoms with van der Waals surface area (Å²) in [6, 6.07) is 37.9. The van der Waals surface area contributed by atoms with Crippen LogP contribution in [0.3, 0.4) is 0 Å². The number of hydrogen-bond donors (Lipinski definition) is 5. The highest BCUT2D eigenvalue weighted by Gasteiger charge is 2.16. The van der Waals surface area contributed by atoms with E-state index in [1.165, 1.54) is 12.1 Å². The SMILES string of the molecule is O=CNC(c1ccccc1)c1cccc(OCc2cccc(C(=O)OCc3cccc(CCNCC(O)c4ccc(O)c5[nH]c(=O)ccc45)c3)c2)c1. The number of nitrogens with one attached hydrogen (secondary N) is 3. The van der Waals surface area contributed by atoms with Crippen molar-refractivity contribution in [2.24, 2.45) is 0 Å². The maximum Gasteiger partial charge on any atom is 0.338 e. The van der Waals surface area contributed by atoms with E-state index in [2.05, 4.69) is 15.6 Å². The Morgan fingerprint density at radius 2 is 1.54 bits per heavy atom. The van der Waals surface area contributed by atoms with Crippen LogP contribution in [0.2, 0.25) is 0 Å². The van der Waals surface area contributed by atoms with Crippen LogP contribution in [-0.4, -0.2) is 40.7 Å². The summed E-state index contributed by atoms with van der Waals surface area (Å²) in [5.74, 6) is 0.138. The molecule has 52 heavy (non-hydrogen) atoms. The molecule has 5 N–H and O–H groups in total. The lowest BCUT2D eigenvalue weighted by molar-refractivity contribution is -0.110. The maximum atomic E-state index is 13.0. The van der Waals surface area contributed by atoms with Gasteiger partial charge in [-0.15, -0.1) is 0 Å². The Balaban J connectivity index is 0.983. The van der Waals surface area contributed by atoms with Crippen molar-refractivity contribution < 1.29 is 29.3 Å². The minimum absolute atomic E-state index is 0.0527. The third-order valence-electron chi connectivity index (χ3n) is 8.68. The first-order valence-electron chi connectivity index (χ1n) is 16.9. The number of pyridine rings is 1. The van der Waals surface area contributed by atoms with Crippen LogP contribution in [0.1, 0.15) is 55.9 Å². The van der Waals surface area contributed by atoms with Gasteiger partial charge < -0.3 is 35.3 Å². The Morgan fingerprint density at radius 1 is 0.788 bits per heavy atom. The van der Waals surface area contributed by atoms with Crippen LogP contribution in [0.25, 0.3) is 10.9 Å². The minimum Gasteiger partial charge on any atom is -0.506 e. The van der Waals surface area contributed by atoms with E-state index >= 15 is 0 Å². The van der Waals surface area contributed by atoms with Crippen molar-refractivity contribution in [3.63, 3.8) is 0 Å². The lowest BCUT2D eigenvalue weighted by Gasteiger charge is -2.18. The first-order chi connectivity index (χ1) is 25.4. The van der Waals surface area contributed by atoms with Crippen LogP contribution in [0, 0.1) is 0 Å². The fourth-order valence-electron chi connectivity index (χ4n) is 6.08. The van der Waals surface area contributed by atoms with Crippen molar-refractivity contribution in [1.29, 1.82) is 0 Å². The minimum atomic E-state index is -0.847. The number of H-pyrrole nitrogens is 1. The fourth-order valence-corrected chi connectivity index (χ4v) is 6.08. The Kier molecular flexibility index (Phi) is 11.7. The number of aromatic nitrogens is 1. The van der Waals surface area contributed by atoms with Gasteiger partial charge >= 0.3 is 5.97 Å². The molecule has 10 nitrogen and oxygen atoms in total. The van der Waals surface area contributed by atoms with Crippen LogP contribution in [0.5, 0.6) is 11.5 Å². The van der Waals surface area contributed by atoms with Crippen molar-refractivity contribution in [3.05, 3.63) is 177 Å². The second kappa shape index (κ2) is 17.1. The van der Waals surface area contributed by atoms with E-state index in [0.717, 1.165) is 27.8 Å². The van der Waals surface area contributed by atoms with Gasteiger partial charge in [-0.2, -0.15) is 0 Å². The van der Waals surface area contributed by atoms with Gasteiger partial charge in [0.25, 0.3) is 0 Å². The van der Waals surface area contributed by atoms with Gasteiger partial charge in [-0.05, 0) is 82.7 Å². The van der Waals surface area contributed by atoms with Crippen molar-refractivity contribution in [3.8, 4) is 11.5 Å². The molecule has 1 aromatic heterocycles. The molecule has 0 saturated carbocycles. The molecule has 0 aliphatic heterocycles. The lowest BCUT2D eigenvalue weighted by atomic mass is 9.99. The molecule has 10 heteroatoms. The molecule has 0 bridgehead atoms. The smallest absolute Gasteiger partial charge is 0.338 e. The van der Waals surface area contributed by atoms with Gasteiger partial charge in [0.1, 0.15) is 24.7 Å². The quantitative estimate of drug-likeness (QED) is 0.0479. The van der Waals surface area contributed by atoms with Crippen molar-refractivity contribution in [2.45, 2.75) is 31.8 Å². The van der Waals surface area contributed by atoms with E-state index in [4.69, 9.17) is 9.47 Å². The van der Waals surface area contributed by atoms with E-state index in [9.17, 15) is 24.6 Å². The lowest BCUT2D eigenvalue weighted by Crippen LogP contribution is -2.24. The Bertz CT molecular complexity index is 2200. The highest BCUT2D eigenvalue weighted by Crippen LogP contribution is 2.29. The number of carbonyl (C=O) groups excluding carboxylic acids is 2. The van der Waals surface area contributed by atoms with Crippen molar-refractivity contribution in [2.75, 3.05) is 13.1 Å². The Morgan fingerprint density at radius 3 is 2.37 bits per heavy atom. The van der Waals surface area contributed by atoms with E-state index in [1.54, 1.807) is 30.3 Å². The number of phenolic OH excluding ortho intramolecular Hbond substituents is 1. The predicted octanol–water partition coefficient (Wildman–Crippen LogP) is 5.87. The van der Waals surface area contributed by atoms with Gasteiger partial charge in [-0.25, -0.2) is 4.79 Å². The van der Waals surface area contributed by atoms with E-state index in [0.29, 0.717) is 47.2 Å². The summed E-state index contributed by atoms with van der Waals surface area (Å²) in [5.41, 5.74) is 5.53. The van der Waals surface area contributed by atoms with E-state index < -0.39 is 12.1 Å². The molecule has 6 rings (SSSR count). The second-order valence-electron chi connectivity index (χ2n) is 12.3. The molecule has 0 aliphatic rings. The fraction of sp³-hybridized carbons (Fsp3) is 0.167. The molecule has 1 heterocycles. The third kappa shape index (κ3) is 9.11. The number of benzene rings is 5. The number of ether oxygens (including phenoxy) is 2. The normalized spacial score (nSPS) is 12.2. The summed E-state index contributed by atoms with van der Waals surface area (Å²) in [6.45, 7) is 1.22. The number of aliphatic hydroxyl groups is 1. The number of fused-ring (bicyclic) bond motifs is 1. The molecule has 0 saturated heterocycles. The van der Waals surface area contributed by atoms with Crippen LogP contribution < -0.4 is 20.9 Å². The average molecular weight is 698 g/mol. The summed E-state index contributed by atoms with van der Waals surface area (Å²) < 4.78 is 11.7. The maximum absolute atomic E-state index is 13.0. The van der Waals surface area contributed by atoms with Gasteiger partial charge in [-0.1, -0.05) is 84.9 Å².